The Morgan fingerprint density at radius 3 is 1.89 bits per heavy atom. The molecule has 0 radical (unpaired) electrons. The second-order valence-electron chi connectivity index (χ2n) is 10.3. The molecule has 3 aliphatic heterocycles. The van der Waals surface area contributed by atoms with Gasteiger partial charge in [0.2, 0.25) is 23.6 Å². The summed E-state index contributed by atoms with van der Waals surface area (Å²) in [7, 11) is 0. The smallest absolute Gasteiger partial charge is 0.246 e. The van der Waals surface area contributed by atoms with Crippen molar-refractivity contribution in [2.75, 3.05) is 13.1 Å². The van der Waals surface area contributed by atoms with Gasteiger partial charge in [0.05, 0.1) is 0 Å². The van der Waals surface area contributed by atoms with Crippen molar-refractivity contribution in [3.05, 3.63) is 71.8 Å². The molecule has 3 aliphatic rings. The number of rotatable bonds is 4. The maximum absolute atomic E-state index is 13.8. The van der Waals surface area contributed by atoms with Gasteiger partial charge in [-0.05, 0) is 43.2 Å². The molecule has 3 fully saturated rings. The molecule has 4 atom stereocenters. The molecule has 2 aromatic rings. The molecule has 5 rings (SSSR count). The lowest BCUT2D eigenvalue weighted by atomic mass is 10.0. The number of carbonyl (C=O) groups is 4. The van der Waals surface area contributed by atoms with E-state index in [1.165, 1.54) is 0 Å². The highest BCUT2D eigenvalue weighted by molar-refractivity contribution is 5.95. The zero-order valence-electron chi connectivity index (χ0n) is 21.0. The number of amides is 4. The van der Waals surface area contributed by atoms with E-state index < -0.39 is 24.2 Å². The minimum absolute atomic E-state index is 0.0449. The molecular formula is C29H34N4O4. The minimum Gasteiger partial charge on any atom is -0.351 e. The van der Waals surface area contributed by atoms with E-state index in [2.05, 4.69) is 10.6 Å². The topological polar surface area (TPSA) is 98.8 Å². The summed E-state index contributed by atoms with van der Waals surface area (Å²) in [6.07, 6.45) is 3.47. The predicted octanol–water partition coefficient (Wildman–Crippen LogP) is 1.83. The maximum atomic E-state index is 13.8. The van der Waals surface area contributed by atoms with E-state index in [1.54, 1.807) is 9.80 Å². The molecule has 2 aromatic carbocycles. The lowest BCUT2D eigenvalue weighted by Crippen LogP contribution is -2.56. The first kappa shape index (κ1) is 25.0. The molecule has 0 saturated carbocycles. The van der Waals surface area contributed by atoms with Crippen LogP contribution in [0.2, 0.25) is 0 Å². The zero-order valence-corrected chi connectivity index (χ0v) is 21.0. The first-order valence-corrected chi connectivity index (χ1v) is 13.3. The number of carbonyl (C=O) groups excluding carboxylic acids is 4. The second kappa shape index (κ2) is 11.2. The molecule has 194 valence electrons. The molecule has 37 heavy (non-hydrogen) atoms. The lowest BCUT2D eigenvalue weighted by Gasteiger charge is -2.32. The van der Waals surface area contributed by atoms with Crippen LogP contribution >= 0.6 is 0 Å². The van der Waals surface area contributed by atoms with Gasteiger partial charge >= 0.3 is 0 Å². The van der Waals surface area contributed by atoms with Gasteiger partial charge in [0.1, 0.15) is 18.1 Å². The molecular weight excluding hydrogens is 468 g/mol. The van der Waals surface area contributed by atoms with Gasteiger partial charge in [0.25, 0.3) is 0 Å². The van der Waals surface area contributed by atoms with Crippen LogP contribution in [0.1, 0.15) is 43.2 Å². The molecule has 2 N–H and O–H groups in total. The Morgan fingerprint density at radius 2 is 1.24 bits per heavy atom. The fourth-order valence-electron chi connectivity index (χ4n) is 5.88. The van der Waals surface area contributed by atoms with E-state index in [0.717, 1.165) is 24.0 Å². The Morgan fingerprint density at radius 1 is 0.676 bits per heavy atom. The quantitative estimate of drug-likeness (QED) is 0.667. The van der Waals surface area contributed by atoms with E-state index in [0.29, 0.717) is 38.8 Å². The number of nitrogens with one attached hydrogen (secondary N) is 2. The molecule has 3 saturated heterocycles. The van der Waals surface area contributed by atoms with Crippen molar-refractivity contribution in [3.63, 3.8) is 0 Å². The Balaban J connectivity index is 1.46. The van der Waals surface area contributed by atoms with Crippen LogP contribution in [-0.2, 0) is 32.0 Å². The highest BCUT2D eigenvalue weighted by Crippen LogP contribution is 2.26. The van der Waals surface area contributed by atoms with Crippen LogP contribution in [-0.4, -0.2) is 70.7 Å². The average Bonchev–Trinajstić information content (AvgIpc) is 3.59. The van der Waals surface area contributed by atoms with Crippen molar-refractivity contribution >= 4 is 23.6 Å². The van der Waals surface area contributed by atoms with Crippen molar-refractivity contribution in [1.29, 1.82) is 0 Å². The van der Waals surface area contributed by atoms with E-state index in [9.17, 15) is 19.2 Å². The highest BCUT2D eigenvalue weighted by Gasteiger charge is 2.44. The van der Waals surface area contributed by atoms with Gasteiger partial charge in [-0.3, -0.25) is 19.2 Å². The number of hydrogen-bond acceptors (Lipinski definition) is 4. The summed E-state index contributed by atoms with van der Waals surface area (Å²) in [5.74, 6) is -0.912. The normalized spacial score (nSPS) is 26.9. The fraction of sp³-hybridized carbons (Fsp3) is 0.448. The van der Waals surface area contributed by atoms with Crippen molar-refractivity contribution in [2.24, 2.45) is 0 Å². The summed E-state index contributed by atoms with van der Waals surface area (Å²) >= 11 is 0. The maximum Gasteiger partial charge on any atom is 0.246 e. The SMILES string of the molecule is O=C1CC(Cc2ccccc2)NC(=O)C2CCCN2C(=O)C2CCCN2C(=O)C(Cc2ccccc2)N1. The predicted molar refractivity (Wildman–Crippen MR) is 138 cm³/mol. The van der Waals surface area contributed by atoms with Crippen LogP contribution in [0.5, 0.6) is 0 Å². The second-order valence-corrected chi connectivity index (χ2v) is 10.3. The Hall–Kier alpha value is -3.68. The van der Waals surface area contributed by atoms with Gasteiger partial charge in [0, 0.05) is 32.0 Å². The Labute approximate surface area is 217 Å². The van der Waals surface area contributed by atoms with E-state index in [-0.39, 0.29) is 30.0 Å². The standard InChI is InChI=1S/C29H34N4O4/c34-26-19-22(17-20-9-3-1-4-10-20)30-27(35)24-13-7-15-32(24)29(37)25-14-8-16-33(25)28(36)23(31-26)18-21-11-5-2-6-12-21/h1-6,9-12,22-25H,7-8,13-19H2,(H,30,35)(H,31,34). The van der Waals surface area contributed by atoms with Gasteiger partial charge < -0.3 is 20.4 Å². The number of nitrogens with zero attached hydrogens (tertiary/aromatic N) is 2. The van der Waals surface area contributed by atoms with Crippen LogP contribution in [0.15, 0.2) is 60.7 Å². The summed E-state index contributed by atoms with van der Waals surface area (Å²) in [6, 6.07) is 16.9. The van der Waals surface area contributed by atoms with Crippen molar-refractivity contribution < 1.29 is 19.2 Å². The van der Waals surface area contributed by atoms with E-state index in [4.69, 9.17) is 0 Å². The summed E-state index contributed by atoms with van der Waals surface area (Å²) in [6.45, 7) is 0.973. The molecule has 0 bridgehead atoms. The van der Waals surface area contributed by atoms with Gasteiger partial charge in [0.15, 0.2) is 0 Å². The molecule has 0 spiro atoms. The lowest BCUT2D eigenvalue weighted by molar-refractivity contribution is -0.147. The Bertz CT molecular complexity index is 1140. The average molecular weight is 503 g/mol. The third-order valence-electron chi connectivity index (χ3n) is 7.68. The number of hydrogen-bond donors (Lipinski definition) is 2. The number of benzene rings is 2. The molecule has 4 amide bonds. The summed E-state index contributed by atoms with van der Waals surface area (Å²) in [5, 5.41) is 6.02. The molecule has 4 unspecified atom stereocenters. The molecule has 8 heteroatoms. The fourth-order valence-corrected chi connectivity index (χ4v) is 5.88. The molecule has 0 aromatic heterocycles. The van der Waals surface area contributed by atoms with Gasteiger partial charge in [-0.1, -0.05) is 60.7 Å². The summed E-state index contributed by atoms with van der Waals surface area (Å²) in [5.41, 5.74) is 1.93. The monoisotopic (exact) mass is 502 g/mol. The van der Waals surface area contributed by atoms with Crippen LogP contribution in [0.4, 0.5) is 0 Å². The van der Waals surface area contributed by atoms with Crippen molar-refractivity contribution in [2.45, 2.75) is 69.1 Å². The van der Waals surface area contributed by atoms with Gasteiger partial charge in [-0.25, -0.2) is 0 Å². The molecule has 8 nitrogen and oxygen atoms in total. The van der Waals surface area contributed by atoms with Crippen LogP contribution in [0.3, 0.4) is 0 Å². The summed E-state index contributed by atoms with van der Waals surface area (Å²) < 4.78 is 0. The molecule has 3 heterocycles. The highest BCUT2D eigenvalue weighted by atomic mass is 16.2. The van der Waals surface area contributed by atoms with Crippen LogP contribution < -0.4 is 10.6 Å². The van der Waals surface area contributed by atoms with Crippen LogP contribution in [0.25, 0.3) is 0 Å². The zero-order chi connectivity index (χ0) is 25.8. The van der Waals surface area contributed by atoms with E-state index in [1.807, 2.05) is 60.7 Å². The third kappa shape index (κ3) is 5.68. The van der Waals surface area contributed by atoms with E-state index >= 15 is 0 Å². The summed E-state index contributed by atoms with van der Waals surface area (Å²) in [4.78, 5) is 57.5. The number of fused-ring (bicyclic) bond motifs is 2. The minimum atomic E-state index is -0.786. The van der Waals surface area contributed by atoms with Crippen molar-refractivity contribution in [3.8, 4) is 0 Å². The Kier molecular flexibility index (Phi) is 7.53. The van der Waals surface area contributed by atoms with Gasteiger partial charge in [-0.15, -0.1) is 0 Å². The third-order valence-corrected chi connectivity index (χ3v) is 7.68. The van der Waals surface area contributed by atoms with Crippen LogP contribution in [0, 0.1) is 0 Å². The van der Waals surface area contributed by atoms with Crippen molar-refractivity contribution in [1.82, 2.24) is 20.4 Å². The largest absolute Gasteiger partial charge is 0.351 e. The first-order chi connectivity index (χ1) is 18.0. The first-order valence-electron chi connectivity index (χ1n) is 13.3. The molecule has 0 aliphatic carbocycles. The van der Waals surface area contributed by atoms with Gasteiger partial charge in [-0.2, -0.15) is 0 Å².